The number of nitrogens with one attached hydrogen (secondary N) is 2. The Morgan fingerprint density at radius 3 is 2.82 bits per heavy atom. The SMILES string of the molecule is Cc1cc(NC(=S)NCCCOC2CCCCC2)ccc1Br. The second-order valence-electron chi connectivity index (χ2n) is 5.83. The zero-order chi connectivity index (χ0) is 15.8. The van der Waals surface area contributed by atoms with E-state index < -0.39 is 0 Å². The molecule has 3 nitrogen and oxygen atoms in total. The van der Waals surface area contributed by atoms with Crippen LogP contribution in [0.25, 0.3) is 0 Å². The van der Waals surface area contributed by atoms with Crippen molar-refractivity contribution in [2.75, 3.05) is 18.5 Å². The molecule has 0 radical (unpaired) electrons. The Morgan fingerprint density at radius 2 is 2.09 bits per heavy atom. The van der Waals surface area contributed by atoms with Crippen molar-refractivity contribution < 1.29 is 4.74 Å². The smallest absolute Gasteiger partial charge is 0.170 e. The van der Waals surface area contributed by atoms with Crippen molar-refractivity contribution in [3.05, 3.63) is 28.2 Å². The molecule has 1 aromatic carbocycles. The van der Waals surface area contributed by atoms with Crippen LogP contribution < -0.4 is 10.6 Å². The predicted molar refractivity (Wildman–Crippen MR) is 101 cm³/mol. The van der Waals surface area contributed by atoms with Gasteiger partial charge in [0.05, 0.1) is 6.10 Å². The lowest BCUT2D eigenvalue weighted by Gasteiger charge is -2.22. The number of hydrogen-bond acceptors (Lipinski definition) is 2. The number of rotatable bonds is 6. The van der Waals surface area contributed by atoms with Crippen molar-refractivity contribution in [1.82, 2.24) is 5.32 Å². The molecule has 0 spiro atoms. The van der Waals surface area contributed by atoms with E-state index in [4.69, 9.17) is 17.0 Å². The normalized spacial score (nSPS) is 15.5. The highest BCUT2D eigenvalue weighted by molar-refractivity contribution is 9.10. The molecular formula is C17H25BrN2OS. The lowest BCUT2D eigenvalue weighted by atomic mass is 9.98. The number of hydrogen-bond donors (Lipinski definition) is 2. The molecule has 1 saturated carbocycles. The summed E-state index contributed by atoms with van der Waals surface area (Å²) in [7, 11) is 0. The van der Waals surface area contributed by atoms with E-state index in [1.807, 2.05) is 12.1 Å². The first kappa shape index (κ1) is 17.7. The Balaban J connectivity index is 1.58. The molecule has 2 N–H and O–H groups in total. The lowest BCUT2D eigenvalue weighted by Crippen LogP contribution is -2.30. The molecule has 0 aliphatic heterocycles. The number of thiocarbonyl (C=S) groups is 1. The van der Waals surface area contributed by atoms with Crippen LogP contribution in [-0.2, 0) is 4.74 Å². The summed E-state index contributed by atoms with van der Waals surface area (Å²) in [5.41, 5.74) is 2.20. The third-order valence-corrected chi connectivity index (χ3v) is 5.06. The molecule has 1 aliphatic carbocycles. The molecule has 0 atom stereocenters. The van der Waals surface area contributed by atoms with Crippen molar-refractivity contribution in [1.29, 1.82) is 0 Å². The lowest BCUT2D eigenvalue weighted by molar-refractivity contribution is 0.0277. The maximum atomic E-state index is 5.90. The molecule has 1 aromatic rings. The molecule has 0 amide bonds. The van der Waals surface area contributed by atoms with Gasteiger partial charge in [0.1, 0.15) is 0 Å². The molecule has 0 heterocycles. The number of ether oxygens (including phenoxy) is 1. The van der Waals surface area contributed by atoms with Gasteiger partial charge in [-0.3, -0.25) is 0 Å². The maximum Gasteiger partial charge on any atom is 0.170 e. The minimum atomic E-state index is 0.490. The van der Waals surface area contributed by atoms with Gasteiger partial charge in [0.15, 0.2) is 5.11 Å². The van der Waals surface area contributed by atoms with Crippen LogP contribution in [0.15, 0.2) is 22.7 Å². The van der Waals surface area contributed by atoms with Crippen molar-refractivity contribution in [2.24, 2.45) is 0 Å². The van der Waals surface area contributed by atoms with Crippen molar-refractivity contribution in [2.45, 2.75) is 51.6 Å². The van der Waals surface area contributed by atoms with E-state index in [1.54, 1.807) is 0 Å². The third-order valence-electron chi connectivity index (χ3n) is 3.93. The van der Waals surface area contributed by atoms with E-state index in [-0.39, 0.29) is 0 Å². The Labute approximate surface area is 147 Å². The molecule has 2 rings (SSSR count). The first-order chi connectivity index (χ1) is 10.6. The van der Waals surface area contributed by atoms with Gasteiger partial charge in [-0.15, -0.1) is 0 Å². The van der Waals surface area contributed by atoms with Crippen LogP contribution in [0.1, 0.15) is 44.1 Å². The summed E-state index contributed by atoms with van der Waals surface area (Å²) in [5.74, 6) is 0. The van der Waals surface area contributed by atoms with Crippen LogP contribution in [0.5, 0.6) is 0 Å². The summed E-state index contributed by atoms with van der Waals surface area (Å²) in [6.07, 6.45) is 7.96. The van der Waals surface area contributed by atoms with Gasteiger partial charge >= 0.3 is 0 Å². The zero-order valence-corrected chi connectivity index (χ0v) is 15.6. The first-order valence-corrected chi connectivity index (χ1v) is 9.28. The number of anilines is 1. The molecule has 0 unspecified atom stereocenters. The maximum absolute atomic E-state index is 5.90. The van der Waals surface area contributed by atoms with Crippen molar-refractivity contribution >= 4 is 38.9 Å². The highest BCUT2D eigenvalue weighted by atomic mass is 79.9. The van der Waals surface area contributed by atoms with Crippen LogP contribution in [-0.4, -0.2) is 24.4 Å². The van der Waals surface area contributed by atoms with Gasteiger partial charge in [0.25, 0.3) is 0 Å². The highest BCUT2D eigenvalue weighted by Crippen LogP contribution is 2.20. The van der Waals surface area contributed by atoms with Gasteiger partial charge in [-0.05, 0) is 62.2 Å². The van der Waals surface area contributed by atoms with Crippen LogP contribution >= 0.6 is 28.1 Å². The second-order valence-corrected chi connectivity index (χ2v) is 7.09. The summed E-state index contributed by atoms with van der Waals surface area (Å²) in [6.45, 7) is 3.72. The average molecular weight is 385 g/mol. The summed E-state index contributed by atoms with van der Waals surface area (Å²) >= 11 is 8.81. The fourth-order valence-electron chi connectivity index (χ4n) is 2.65. The molecule has 1 aliphatic rings. The average Bonchev–Trinajstić information content (AvgIpc) is 2.52. The van der Waals surface area contributed by atoms with Gasteiger partial charge in [-0.1, -0.05) is 35.2 Å². The molecule has 5 heteroatoms. The number of aryl methyl sites for hydroxylation is 1. The summed E-state index contributed by atoms with van der Waals surface area (Å²) in [5, 5.41) is 7.11. The largest absolute Gasteiger partial charge is 0.378 e. The Bertz CT molecular complexity index is 490. The molecule has 0 saturated heterocycles. The minimum absolute atomic E-state index is 0.490. The van der Waals surface area contributed by atoms with E-state index in [2.05, 4.69) is 39.6 Å². The molecule has 0 aromatic heterocycles. The summed E-state index contributed by atoms with van der Waals surface area (Å²) in [4.78, 5) is 0. The summed E-state index contributed by atoms with van der Waals surface area (Å²) < 4.78 is 7.01. The minimum Gasteiger partial charge on any atom is -0.378 e. The highest BCUT2D eigenvalue weighted by Gasteiger charge is 2.12. The number of halogens is 1. The van der Waals surface area contributed by atoms with Crippen LogP contribution in [0.4, 0.5) is 5.69 Å². The van der Waals surface area contributed by atoms with Crippen molar-refractivity contribution in [3.8, 4) is 0 Å². The van der Waals surface area contributed by atoms with Gasteiger partial charge in [-0.25, -0.2) is 0 Å². The molecule has 122 valence electrons. The van der Waals surface area contributed by atoms with Crippen LogP contribution in [0.2, 0.25) is 0 Å². The van der Waals surface area contributed by atoms with Crippen LogP contribution in [0, 0.1) is 6.92 Å². The molecular weight excluding hydrogens is 360 g/mol. The van der Waals surface area contributed by atoms with E-state index in [0.717, 1.165) is 29.7 Å². The van der Waals surface area contributed by atoms with Crippen LogP contribution in [0.3, 0.4) is 0 Å². The zero-order valence-electron chi connectivity index (χ0n) is 13.2. The fourth-order valence-corrected chi connectivity index (χ4v) is 3.12. The van der Waals surface area contributed by atoms with Crippen molar-refractivity contribution in [3.63, 3.8) is 0 Å². The first-order valence-electron chi connectivity index (χ1n) is 8.08. The topological polar surface area (TPSA) is 33.3 Å². The van der Waals surface area contributed by atoms with Gasteiger partial charge in [0.2, 0.25) is 0 Å². The second kappa shape index (κ2) is 9.48. The predicted octanol–water partition coefficient (Wildman–Crippen LogP) is 4.78. The van der Waals surface area contributed by atoms with E-state index in [0.29, 0.717) is 11.2 Å². The third kappa shape index (κ3) is 6.23. The summed E-state index contributed by atoms with van der Waals surface area (Å²) in [6, 6.07) is 6.11. The van der Waals surface area contributed by atoms with E-state index in [9.17, 15) is 0 Å². The molecule has 22 heavy (non-hydrogen) atoms. The van der Waals surface area contributed by atoms with Gasteiger partial charge in [-0.2, -0.15) is 0 Å². The van der Waals surface area contributed by atoms with Gasteiger partial charge < -0.3 is 15.4 Å². The standard InChI is InChI=1S/C17H25BrN2OS/c1-13-12-14(8-9-16(13)18)20-17(22)19-10-5-11-21-15-6-3-2-4-7-15/h8-9,12,15H,2-7,10-11H2,1H3,(H2,19,20,22). The number of benzene rings is 1. The van der Waals surface area contributed by atoms with E-state index in [1.165, 1.54) is 37.7 Å². The molecule has 0 bridgehead atoms. The van der Waals surface area contributed by atoms with E-state index >= 15 is 0 Å². The molecule has 1 fully saturated rings. The monoisotopic (exact) mass is 384 g/mol. The van der Waals surface area contributed by atoms with Gasteiger partial charge in [0, 0.05) is 23.3 Å². The Kier molecular flexibility index (Phi) is 7.63. The Hall–Kier alpha value is -0.650. The quantitative estimate of drug-likeness (QED) is 0.545. The Morgan fingerprint density at radius 1 is 1.32 bits per heavy atom. The fraction of sp³-hybridized carbons (Fsp3) is 0.588.